The molecule has 0 saturated heterocycles. The summed E-state index contributed by atoms with van der Waals surface area (Å²) in [6.07, 6.45) is -1.64. The van der Waals surface area contributed by atoms with E-state index in [1.54, 1.807) is 0 Å². The van der Waals surface area contributed by atoms with Gasteiger partial charge < -0.3 is 25.7 Å². The SMILES string of the molecule is CCCCNC1C[C@H](O)[C@@H](O)[C@H](O)[C@@H](O)C1. The van der Waals surface area contributed by atoms with Crippen molar-refractivity contribution >= 4 is 0 Å². The van der Waals surface area contributed by atoms with Gasteiger partial charge in [-0.15, -0.1) is 0 Å². The summed E-state index contributed by atoms with van der Waals surface area (Å²) in [6, 6.07) is -0.0525. The van der Waals surface area contributed by atoms with Gasteiger partial charge in [-0.2, -0.15) is 0 Å². The van der Waals surface area contributed by atoms with Gasteiger partial charge in [0.15, 0.2) is 0 Å². The van der Waals surface area contributed by atoms with E-state index in [0.29, 0.717) is 12.8 Å². The average molecular weight is 233 g/mol. The van der Waals surface area contributed by atoms with Gasteiger partial charge in [0.2, 0.25) is 0 Å². The Morgan fingerprint density at radius 1 is 1.00 bits per heavy atom. The molecule has 0 aromatic carbocycles. The maximum atomic E-state index is 9.61. The molecule has 1 saturated carbocycles. The standard InChI is InChI=1S/C11H23NO4/c1-2-3-4-12-7-5-8(13)10(15)11(16)9(14)6-7/h7-16H,2-6H2,1H3/t8-,9-,10+,11+/m0/s1. The van der Waals surface area contributed by atoms with Gasteiger partial charge in [-0.25, -0.2) is 0 Å². The van der Waals surface area contributed by atoms with E-state index >= 15 is 0 Å². The fraction of sp³-hybridized carbons (Fsp3) is 1.00. The van der Waals surface area contributed by atoms with Crippen molar-refractivity contribution in [3.8, 4) is 0 Å². The number of aliphatic hydroxyl groups excluding tert-OH is 4. The lowest BCUT2D eigenvalue weighted by molar-refractivity contribution is -0.0947. The highest BCUT2D eigenvalue weighted by molar-refractivity contribution is 4.90. The van der Waals surface area contributed by atoms with Gasteiger partial charge in [-0.3, -0.25) is 0 Å². The molecule has 5 nitrogen and oxygen atoms in total. The zero-order valence-electron chi connectivity index (χ0n) is 9.71. The molecule has 4 atom stereocenters. The van der Waals surface area contributed by atoms with Gasteiger partial charge in [-0.1, -0.05) is 13.3 Å². The van der Waals surface area contributed by atoms with E-state index in [1.807, 2.05) is 0 Å². The highest BCUT2D eigenvalue weighted by Gasteiger charge is 2.36. The van der Waals surface area contributed by atoms with Crippen LogP contribution in [0.4, 0.5) is 0 Å². The van der Waals surface area contributed by atoms with Crippen LogP contribution in [0.1, 0.15) is 32.6 Å². The molecule has 1 fully saturated rings. The highest BCUT2D eigenvalue weighted by Crippen LogP contribution is 2.20. The van der Waals surface area contributed by atoms with Crippen LogP contribution in [-0.4, -0.2) is 57.4 Å². The van der Waals surface area contributed by atoms with Crippen LogP contribution in [0.3, 0.4) is 0 Å². The number of hydrogen-bond acceptors (Lipinski definition) is 5. The van der Waals surface area contributed by atoms with Gasteiger partial charge in [-0.05, 0) is 25.8 Å². The second-order valence-corrected chi connectivity index (χ2v) is 4.59. The zero-order chi connectivity index (χ0) is 12.1. The molecule has 0 spiro atoms. The molecule has 5 N–H and O–H groups in total. The molecule has 5 heteroatoms. The molecule has 16 heavy (non-hydrogen) atoms. The first-order chi connectivity index (χ1) is 7.56. The third-order valence-corrected chi connectivity index (χ3v) is 3.15. The third kappa shape index (κ3) is 3.68. The Balaban J connectivity index is 2.47. The lowest BCUT2D eigenvalue weighted by Gasteiger charge is -2.21. The predicted molar refractivity (Wildman–Crippen MR) is 60.0 cm³/mol. The molecule has 96 valence electrons. The van der Waals surface area contributed by atoms with Crippen LogP contribution in [0, 0.1) is 0 Å². The lowest BCUT2D eigenvalue weighted by Crippen LogP contribution is -2.41. The smallest absolute Gasteiger partial charge is 0.108 e. The van der Waals surface area contributed by atoms with Crippen LogP contribution in [-0.2, 0) is 0 Å². The fourth-order valence-electron chi connectivity index (χ4n) is 2.06. The third-order valence-electron chi connectivity index (χ3n) is 3.15. The van der Waals surface area contributed by atoms with Gasteiger partial charge >= 0.3 is 0 Å². The summed E-state index contributed by atoms with van der Waals surface area (Å²) in [5.74, 6) is 0. The average Bonchev–Trinajstić information content (AvgIpc) is 2.33. The molecule has 0 heterocycles. The van der Waals surface area contributed by atoms with E-state index in [2.05, 4.69) is 12.2 Å². The number of hydrogen-bond donors (Lipinski definition) is 5. The Morgan fingerprint density at radius 3 is 1.94 bits per heavy atom. The number of unbranched alkanes of at least 4 members (excludes halogenated alkanes) is 1. The van der Waals surface area contributed by atoms with Crippen molar-refractivity contribution in [1.82, 2.24) is 5.32 Å². The maximum absolute atomic E-state index is 9.61. The molecule has 0 unspecified atom stereocenters. The van der Waals surface area contributed by atoms with Crippen molar-refractivity contribution in [2.24, 2.45) is 0 Å². The summed E-state index contributed by atoms with van der Waals surface area (Å²) in [6.45, 7) is 2.92. The molecule has 0 aromatic rings. The van der Waals surface area contributed by atoms with Gasteiger partial charge in [0.05, 0.1) is 12.2 Å². The number of nitrogens with one attached hydrogen (secondary N) is 1. The summed E-state index contributed by atoms with van der Waals surface area (Å²) >= 11 is 0. The van der Waals surface area contributed by atoms with Crippen molar-refractivity contribution in [3.05, 3.63) is 0 Å². The molecule has 1 aliphatic carbocycles. The topological polar surface area (TPSA) is 93.0 Å². The molecule has 0 aromatic heterocycles. The van der Waals surface area contributed by atoms with E-state index in [9.17, 15) is 20.4 Å². The minimum absolute atomic E-state index is 0.0525. The summed E-state index contributed by atoms with van der Waals surface area (Å²) in [7, 11) is 0. The zero-order valence-corrected chi connectivity index (χ0v) is 9.71. The van der Waals surface area contributed by atoms with Crippen molar-refractivity contribution in [2.75, 3.05) is 6.54 Å². The molecular formula is C11H23NO4. The maximum Gasteiger partial charge on any atom is 0.108 e. The fourth-order valence-corrected chi connectivity index (χ4v) is 2.06. The summed E-state index contributed by atoms with van der Waals surface area (Å²) in [5.41, 5.74) is 0. The molecule has 0 radical (unpaired) electrons. The molecule has 0 amide bonds. The van der Waals surface area contributed by atoms with Crippen LogP contribution in [0.25, 0.3) is 0 Å². The van der Waals surface area contributed by atoms with Crippen LogP contribution in [0.15, 0.2) is 0 Å². The van der Waals surface area contributed by atoms with Gasteiger partial charge in [0.25, 0.3) is 0 Å². The van der Waals surface area contributed by atoms with E-state index in [-0.39, 0.29) is 6.04 Å². The van der Waals surface area contributed by atoms with E-state index in [0.717, 1.165) is 19.4 Å². The first kappa shape index (κ1) is 13.9. The van der Waals surface area contributed by atoms with Crippen LogP contribution in [0.5, 0.6) is 0 Å². The molecule has 0 aliphatic heterocycles. The quantitative estimate of drug-likeness (QED) is 0.317. The Kier molecular flexibility index (Phi) is 5.64. The number of rotatable bonds is 4. The first-order valence-corrected chi connectivity index (χ1v) is 6.02. The monoisotopic (exact) mass is 233 g/mol. The predicted octanol–water partition coefficient (Wildman–Crippen LogP) is -1.02. The van der Waals surface area contributed by atoms with Crippen molar-refractivity contribution in [2.45, 2.75) is 63.1 Å². The van der Waals surface area contributed by atoms with Crippen molar-refractivity contribution in [3.63, 3.8) is 0 Å². The summed E-state index contributed by atoms with van der Waals surface area (Å²) in [4.78, 5) is 0. The van der Waals surface area contributed by atoms with Crippen molar-refractivity contribution < 1.29 is 20.4 Å². The van der Waals surface area contributed by atoms with Gasteiger partial charge in [0, 0.05) is 6.04 Å². The van der Waals surface area contributed by atoms with E-state index in [1.165, 1.54) is 0 Å². The highest BCUT2D eigenvalue weighted by atomic mass is 16.4. The largest absolute Gasteiger partial charge is 0.390 e. The number of aliphatic hydroxyl groups is 4. The minimum atomic E-state index is -1.26. The molecule has 1 aliphatic rings. The second-order valence-electron chi connectivity index (χ2n) is 4.59. The molecule has 1 rings (SSSR count). The molecule has 0 bridgehead atoms. The van der Waals surface area contributed by atoms with Crippen LogP contribution in [0.2, 0.25) is 0 Å². The van der Waals surface area contributed by atoms with Gasteiger partial charge in [0.1, 0.15) is 12.2 Å². The normalized spacial score (nSPS) is 37.3. The Hall–Kier alpha value is -0.200. The van der Waals surface area contributed by atoms with Crippen LogP contribution < -0.4 is 5.32 Å². The second kappa shape index (κ2) is 6.51. The minimum Gasteiger partial charge on any atom is -0.390 e. The summed E-state index contributed by atoms with van der Waals surface area (Å²) < 4.78 is 0. The van der Waals surface area contributed by atoms with Crippen molar-refractivity contribution in [1.29, 1.82) is 0 Å². The van der Waals surface area contributed by atoms with Crippen LogP contribution >= 0.6 is 0 Å². The summed E-state index contributed by atoms with van der Waals surface area (Å²) in [5, 5.41) is 41.4. The van der Waals surface area contributed by atoms with E-state index in [4.69, 9.17) is 0 Å². The Labute approximate surface area is 96.1 Å². The molecular weight excluding hydrogens is 210 g/mol. The Morgan fingerprint density at radius 2 is 1.50 bits per heavy atom. The van der Waals surface area contributed by atoms with E-state index < -0.39 is 24.4 Å². The first-order valence-electron chi connectivity index (χ1n) is 6.02. The Bertz CT molecular complexity index is 186. The lowest BCUT2D eigenvalue weighted by atomic mass is 10.1.